The van der Waals surface area contributed by atoms with Crippen LogP contribution in [-0.2, 0) is 10.0 Å². The number of methoxy groups -OCH3 is 1. The molecule has 0 amide bonds. The fourth-order valence-corrected chi connectivity index (χ4v) is 2.90. The summed E-state index contributed by atoms with van der Waals surface area (Å²) in [5.41, 5.74) is 0.410. The van der Waals surface area contributed by atoms with Crippen molar-refractivity contribution in [1.29, 1.82) is 0 Å². The van der Waals surface area contributed by atoms with Crippen molar-refractivity contribution >= 4 is 31.6 Å². The molecule has 8 heteroatoms. The van der Waals surface area contributed by atoms with E-state index in [-0.39, 0.29) is 5.03 Å². The number of aromatic nitrogens is 2. The number of rotatable bonds is 4. The molecule has 6 nitrogen and oxygen atoms in total. The predicted octanol–water partition coefficient (Wildman–Crippen LogP) is 2.29. The maximum Gasteiger partial charge on any atom is 0.278 e. The number of aryl methyl sites for hydroxylation is 1. The molecule has 1 heterocycles. The highest BCUT2D eigenvalue weighted by Crippen LogP contribution is 2.28. The molecule has 0 spiro atoms. The minimum Gasteiger partial charge on any atom is -0.495 e. The van der Waals surface area contributed by atoms with Crippen LogP contribution >= 0.6 is 15.9 Å². The third-order valence-electron chi connectivity index (χ3n) is 2.37. The Balaban J connectivity index is 2.30. The molecular formula is C11H12BrN3O3S. The third kappa shape index (κ3) is 3.07. The second kappa shape index (κ2) is 5.22. The number of hydrogen-bond acceptors (Lipinski definition) is 4. The normalized spacial score (nSPS) is 11.3. The van der Waals surface area contributed by atoms with Gasteiger partial charge < -0.3 is 9.72 Å². The fourth-order valence-electron chi connectivity index (χ4n) is 1.47. The number of benzene rings is 1. The minimum atomic E-state index is -3.67. The quantitative estimate of drug-likeness (QED) is 0.890. The molecule has 0 unspecified atom stereocenters. The summed E-state index contributed by atoms with van der Waals surface area (Å²) < 4.78 is 32.4. The van der Waals surface area contributed by atoms with Gasteiger partial charge in [0.2, 0.25) is 0 Å². The van der Waals surface area contributed by atoms with E-state index in [4.69, 9.17) is 4.74 Å². The second-order valence-corrected chi connectivity index (χ2v) is 6.29. The Morgan fingerprint density at radius 1 is 1.42 bits per heavy atom. The number of anilines is 1. The first-order chi connectivity index (χ1) is 8.92. The summed E-state index contributed by atoms with van der Waals surface area (Å²) in [4.78, 5) is 6.54. The number of aromatic amines is 1. The van der Waals surface area contributed by atoms with Crippen LogP contribution in [0.2, 0.25) is 0 Å². The molecule has 2 rings (SSSR count). The number of nitrogens with zero attached hydrogens (tertiary/aromatic N) is 1. The van der Waals surface area contributed by atoms with Crippen LogP contribution in [-0.4, -0.2) is 25.5 Å². The summed E-state index contributed by atoms with van der Waals surface area (Å²) in [5.74, 6) is 1.08. The Morgan fingerprint density at radius 2 is 2.16 bits per heavy atom. The second-order valence-electron chi connectivity index (χ2n) is 3.79. The zero-order chi connectivity index (χ0) is 14.0. The smallest absolute Gasteiger partial charge is 0.278 e. The van der Waals surface area contributed by atoms with E-state index in [0.29, 0.717) is 17.3 Å². The first kappa shape index (κ1) is 13.9. The number of hydrogen-bond donors (Lipinski definition) is 2. The van der Waals surface area contributed by atoms with Crippen LogP contribution in [0.4, 0.5) is 5.69 Å². The van der Waals surface area contributed by atoms with Crippen molar-refractivity contribution in [2.24, 2.45) is 0 Å². The van der Waals surface area contributed by atoms with Crippen LogP contribution in [0.5, 0.6) is 5.75 Å². The van der Waals surface area contributed by atoms with Crippen molar-refractivity contribution in [2.75, 3.05) is 11.8 Å². The summed E-state index contributed by atoms with van der Waals surface area (Å²) in [5, 5.41) is 0.0203. The fraction of sp³-hybridized carbons (Fsp3) is 0.182. The van der Waals surface area contributed by atoms with Crippen LogP contribution in [0.3, 0.4) is 0 Å². The molecule has 0 aliphatic carbocycles. The zero-order valence-electron chi connectivity index (χ0n) is 10.3. The van der Waals surface area contributed by atoms with E-state index in [0.717, 1.165) is 4.47 Å². The van der Waals surface area contributed by atoms with E-state index in [1.165, 1.54) is 13.3 Å². The summed E-state index contributed by atoms with van der Waals surface area (Å²) in [6.07, 6.45) is 1.27. The summed E-state index contributed by atoms with van der Waals surface area (Å²) >= 11 is 3.30. The topological polar surface area (TPSA) is 84.1 Å². The largest absolute Gasteiger partial charge is 0.495 e. The van der Waals surface area contributed by atoms with Gasteiger partial charge >= 0.3 is 0 Å². The average Bonchev–Trinajstić information content (AvgIpc) is 2.79. The van der Waals surface area contributed by atoms with Gasteiger partial charge in [-0.3, -0.25) is 4.72 Å². The molecule has 102 valence electrons. The van der Waals surface area contributed by atoms with Gasteiger partial charge in [0, 0.05) is 6.07 Å². The average molecular weight is 346 g/mol. The molecule has 0 fully saturated rings. The summed E-state index contributed by atoms with van der Waals surface area (Å²) in [7, 11) is -2.16. The number of H-pyrrole nitrogens is 1. The molecule has 1 aromatic carbocycles. The molecule has 0 radical (unpaired) electrons. The number of sulfonamides is 1. The first-order valence-corrected chi connectivity index (χ1v) is 7.58. The maximum atomic E-state index is 12.1. The van der Waals surface area contributed by atoms with Crippen molar-refractivity contribution < 1.29 is 13.2 Å². The molecule has 0 saturated heterocycles. The van der Waals surface area contributed by atoms with Gasteiger partial charge in [-0.1, -0.05) is 0 Å². The molecule has 2 aromatic rings. The lowest BCUT2D eigenvalue weighted by molar-refractivity contribution is 0.412. The van der Waals surface area contributed by atoms with E-state index in [1.807, 2.05) is 0 Å². The van der Waals surface area contributed by atoms with Crippen LogP contribution in [0.25, 0.3) is 0 Å². The number of halogens is 1. The van der Waals surface area contributed by atoms with Gasteiger partial charge in [-0.25, -0.2) is 4.98 Å². The molecular weight excluding hydrogens is 334 g/mol. The van der Waals surface area contributed by atoms with Gasteiger partial charge in [0.1, 0.15) is 11.6 Å². The Bertz CT molecular complexity index is 697. The predicted molar refractivity (Wildman–Crippen MR) is 74.8 cm³/mol. The van der Waals surface area contributed by atoms with Crippen molar-refractivity contribution in [3.05, 3.63) is 34.7 Å². The lowest BCUT2D eigenvalue weighted by Crippen LogP contribution is -2.13. The lowest BCUT2D eigenvalue weighted by atomic mass is 10.3. The molecule has 0 saturated carbocycles. The van der Waals surface area contributed by atoms with Gasteiger partial charge in [-0.2, -0.15) is 8.42 Å². The minimum absolute atomic E-state index is 0.0203. The Morgan fingerprint density at radius 3 is 2.74 bits per heavy atom. The number of ether oxygens (including phenoxy) is 1. The standard InChI is InChI=1S/C11H12BrN3O3S/c1-7-13-6-11(14-7)19(16,17)15-8-3-4-9(12)10(5-8)18-2/h3-6,15H,1-2H3,(H,13,14). The monoisotopic (exact) mass is 345 g/mol. The molecule has 19 heavy (non-hydrogen) atoms. The number of nitrogens with one attached hydrogen (secondary N) is 2. The van der Waals surface area contributed by atoms with E-state index in [1.54, 1.807) is 25.1 Å². The van der Waals surface area contributed by atoms with Gasteiger partial charge in [0.05, 0.1) is 23.5 Å². The van der Waals surface area contributed by atoms with Gasteiger partial charge in [0.15, 0.2) is 5.03 Å². The highest BCUT2D eigenvalue weighted by atomic mass is 79.9. The van der Waals surface area contributed by atoms with E-state index in [2.05, 4.69) is 30.6 Å². The van der Waals surface area contributed by atoms with Crippen molar-refractivity contribution in [2.45, 2.75) is 11.9 Å². The van der Waals surface area contributed by atoms with Gasteiger partial charge in [0.25, 0.3) is 10.0 Å². The van der Waals surface area contributed by atoms with Gasteiger partial charge in [-0.05, 0) is 35.0 Å². The molecule has 0 aliphatic rings. The van der Waals surface area contributed by atoms with Crippen molar-refractivity contribution in [1.82, 2.24) is 9.97 Å². The maximum absolute atomic E-state index is 12.1. The van der Waals surface area contributed by atoms with Crippen LogP contribution in [0.15, 0.2) is 33.9 Å². The Kier molecular flexibility index (Phi) is 3.81. The van der Waals surface area contributed by atoms with E-state index >= 15 is 0 Å². The van der Waals surface area contributed by atoms with Gasteiger partial charge in [-0.15, -0.1) is 0 Å². The van der Waals surface area contributed by atoms with Crippen molar-refractivity contribution in [3.63, 3.8) is 0 Å². The first-order valence-electron chi connectivity index (χ1n) is 5.30. The number of imidazole rings is 1. The summed E-state index contributed by atoms with van der Waals surface area (Å²) in [6, 6.07) is 4.92. The molecule has 0 atom stereocenters. The zero-order valence-corrected chi connectivity index (χ0v) is 12.7. The van der Waals surface area contributed by atoms with Crippen LogP contribution in [0.1, 0.15) is 5.82 Å². The molecule has 1 aromatic heterocycles. The van der Waals surface area contributed by atoms with Crippen LogP contribution < -0.4 is 9.46 Å². The highest BCUT2D eigenvalue weighted by Gasteiger charge is 2.17. The van der Waals surface area contributed by atoms with E-state index in [9.17, 15) is 8.42 Å². The van der Waals surface area contributed by atoms with Crippen LogP contribution in [0, 0.1) is 6.92 Å². The van der Waals surface area contributed by atoms with Crippen molar-refractivity contribution in [3.8, 4) is 5.75 Å². The molecule has 0 bridgehead atoms. The molecule has 2 N–H and O–H groups in total. The SMILES string of the molecule is COc1cc(NS(=O)(=O)c2cnc(C)[nH]2)ccc1Br. The highest BCUT2D eigenvalue weighted by molar-refractivity contribution is 9.10. The van der Waals surface area contributed by atoms with E-state index < -0.39 is 10.0 Å². The molecule has 0 aliphatic heterocycles. The summed E-state index contributed by atoms with van der Waals surface area (Å²) in [6.45, 7) is 1.68. The lowest BCUT2D eigenvalue weighted by Gasteiger charge is -2.09. The Labute approximate surface area is 119 Å². The Hall–Kier alpha value is -1.54. The third-order valence-corrected chi connectivity index (χ3v) is 4.32.